The van der Waals surface area contributed by atoms with Crippen molar-refractivity contribution in [2.24, 2.45) is 5.92 Å². The summed E-state index contributed by atoms with van der Waals surface area (Å²) in [6, 6.07) is 0.809. The molecule has 3 rings (SSSR count). The molecule has 0 bridgehead atoms. The second-order valence-corrected chi connectivity index (χ2v) is 8.13. The van der Waals surface area contributed by atoms with E-state index in [0.29, 0.717) is 12.0 Å². The average molecular weight is 312 g/mol. The molecule has 7 heteroatoms. The Morgan fingerprint density at radius 3 is 2.76 bits per heavy atom. The molecule has 0 atom stereocenters. The SMILES string of the molecule is CC1CC(NS(=O)(=O)c2cnn(CCCNC3CC3)c2)C1. The van der Waals surface area contributed by atoms with Gasteiger partial charge in [-0.05, 0) is 44.6 Å². The van der Waals surface area contributed by atoms with Crippen LogP contribution in [0.4, 0.5) is 0 Å². The Morgan fingerprint density at radius 1 is 1.33 bits per heavy atom. The molecule has 2 fully saturated rings. The number of hydrogen-bond donors (Lipinski definition) is 2. The Kier molecular flexibility index (Phi) is 4.33. The molecule has 2 aliphatic carbocycles. The molecular formula is C14H24N4O2S. The zero-order chi connectivity index (χ0) is 14.9. The van der Waals surface area contributed by atoms with E-state index >= 15 is 0 Å². The molecule has 6 nitrogen and oxygen atoms in total. The molecule has 21 heavy (non-hydrogen) atoms. The molecule has 0 radical (unpaired) electrons. The maximum absolute atomic E-state index is 12.2. The van der Waals surface area contributed by atoms with E-state index < -0.39 is 10.0 Å². The van der Waals surface area contributed by atoms with Gasteiger partial charge in [0.1, 0.15) is 4.90 Å². The van der Waals surface area contributed by atoms with Crippen LogP contribution in [0.1, 0.15) is 39.0 Å². The molecule has 0 saturated heterocycles. The van der Waals surface area contributed by atoms with Gasteiger partial charge in [-0.25, -0.2) is 13.1 Å². The highest BCUT2D eigenvalue weighted by molar-refractivity contribution is 7.89. The van der Waals surface area contributed by atoms with Gasteiger partial charge in [0, 0.05) is 24.8 Å². The van der Waals surface area contributed by atoms with Crippen molar-refractivity contribution in [2.45, 2.75) is 62.6 Å². The van der Waals surface area contributed by atoms with Gasteiger partial charge >= 0.3 is 0 Å². The summed E-state index contributed by atoms with van der Waals surface area (Å²) in [7, 11) is -3.41. The monoisotopic (exact) mass is 312 g/mol. The van der Waals surface area contributed by atoms with Gasteiger partial charge in [0.15, 0.2) is 0 Å². The number of hydrogen-bond acceptors (Lipinski definition) is 4. The average Bonchev–Trinajstić information content (AvgIpc) is 3.08. The van der Waals surface area contributed by atoms with E-state index in [1.807, 2.05) is 0 Å². The van der Waals surface area contributed by atoms with Gasteiger partial charge in [-0.2, -0.15) is 5.10 Å². The lowest BCUT2D eigenvalue weighted by molar-refractivity contribution is 0.270. The predicted molar refractivity (Wildman–Crippen MR) is 80.4 cm³/mol. The lowest BCUT2D eigenvalue weighted by atomic mass is 9.83. The first-order valence-corrected chi connectivity index (χ1v) is 9.29. The van der Waals surface area contributed by atoms with Gasteiger partial charge in [-0.15, -0.1) is 0 Å². The third kappa shape index (κ3) is 4.05. The summed E-state index contributed by atoms with van der Waals surface area (Å²) >= 11 is 0. The van der Waals surface area contributed by atoms with E-state index in [1.165, 1.54) is 19.0 Å². The van der Waals surface area contributed by atoms with Crippen LogP contribution in [-0.4, -0.2) is 36.8 Å². The lowest BCUT2D eigenvalue weighted by Gasteiger charge is -2.32. The van der Waals surface area contributed by atoms with Crippen LogP contribution < -0.4 is 10.0 Å². The van der Waals surface area contributed by atoms with Gasteiger partial charge < -0.3 is 5.32 Å². The fourth-order valence-corrected chi connectivity index (χ4v) is 3.94. The van der Waals surface area contributed by atoms with E-state index in [4.69, 9.17) is 0 Å². The quantitative estimate of drug-likeness (QED) is 0.705. The summed E-state index contributed by atoms with van der Waals surface area (Å²) in [6.07, 6.45) is 8.47. The summed E-state index contributed by atoms with van der Waals surface area (Å²) in [5.74, 6) is 0.624. The molecule has 1 aromatic rings. The molecular weight excluding hydrogens is 288 g/mol. The van der Waals surface area contributed by atoms with Crippen LogP contribution in [0, 0.1) is 5.92 Å². The predicted octanol–water partition coefficient (Wildman–Crippen LogP) is 1.10. The summed E-state index contributed by atoms with van der Waals surface area (Å²) in [6.45, 7) is 3.85. The van der Waals surface area contributed by atoms with Gasteiger partial charge in [-0.1, -0.05) is 6.92 Å². The number of aryl methyl sites for hydroxylation is 1. The maximum Gasteiger partial charge on any atom is 0.243 e. The molecule has 0 aliphatic heterocycles. The zero-order valence-corrected chi connectivity index (χ0v) is 13.3. The minimum absolute atomic E-state index is 0.0936. The molecule has 0 spiro atoms. The molecule has 1 aromatic heterocycles. The highest BCUT2D eigenvalue weighted by Crippen LogP contribution is 2.27. The smallest absolute Gasteiger partial charge is 0.243 e. The first-order chi connectivity index (χ1) is 10.0. The fourth-order valence-electron chi connectivity index (χ4n) is 2.73. The van der Waals surface area contributed by atoms with Gasteiger partial charge in [0.25, 0.3) is 0 Å². The van der Waals surface area contributed by atoms with Crippen molar-refractivity contribution in [3.63, 3.8) is 0 Å². The third-order valence-electron chi connectivity index (χ3n) is 4.19. The van der Waals surface area contributed by atoms with E-state index in [9.17, 15) is 8.42 Å². The number of aromatic nitrogens is 2. The molecule has 2 N–H and O–H groups in total. The minimum atomic E-state index is -3.41. The largest absolute Gasteiger partial charge is 0.314 e. The summed E-state index contributed by atoms with van der Waals surface area (Å²) < 4.78 is 28.9. The van der Waals surface area contributed by atoms with Crippen LogP contribution in [0.3, 0.4) is 0 Å². The van der Waals surface area contributed by atoms with Crippen LogP contribution in [-0.2, 0) is 16.6 Å². The molecule has 2 aliphatic rings. The number of nitrogens with one attached hydrogen (secondary N) is 2. The van der Waals surface area contributed by atoms with Crippen LogP contribution in [0.5, 0.6) is 0 Å². The number of nitrogens with zero attached hydrogens (tertiary/aromatic N) is 2. The molecule has 0 aromatic carbocycles. The Morgan fingerprint density at radius 2 is 2.10 bits per heavy atom. The maximum atomic E-state index is 12.2. The van der Waals surface area contributed by atoms with E-state index in [1.54, 1.807) is 10.9 Å². The molecule has 0 unspecified atom stereocenters. The Hall–Kier alpha value is -0.920. The van der Waals surface area contributed by atoms with Crippen LogP contribution in [0.25, 0.3) is 0 Å². The lowest BCUT2D eigenvalue weighted by Crippen LogP contribution is -2.43. The van der Waals surface area contributed by atoms with Gasteiger partial charge in [0.05, 0.1) is 6.20 Å². The highest BCUT2D eigenvalue weighted by Gasteiger charge is 2.30. The van der Waals surface area contributed by atoms with Crippen molar-refractivity contribution in [3.05, 3.63) is 12.4 Å². The Labute approximate surface area is 126 Å². The number of sulfonamides is 1. The van der Waals surface area contributed by atoms with Crippen LogP contribution in [0.2, 0.25) is 0 Å². The Balaban J connectivity index is 1.48. The first-order valence-electron chi connectivity index (χ1n) is 7.81. The van der Waals surface area contributed by atoms with E-state index in [2.05, 4.69) is 22.1 Å². The van der Waals surface area contributed by atoms with E-state index in [0.717, 1.165) is 32.4 Å². The van der Waals surface area contributed by atoms with E-state index in [-0.39, 0.29) is 10.9 Å². The minimum Gasteiger partial charge on any atom is -0.314 e. The van der Waals surface area contributed by atoms with Crippen molar-refractivity contribution < 1.29 is 8.42 Å². The highest BCUT2D eigenvalue weighted by atomic mass is 32.2. The Bertz CT molecular complexity index is 574. The van der Waals surface area contributed by atoms with Crippen molar-refractivity contribution in [1.82, 2.24) is 19.8 Å². The molecule has 2 saturated carbocycles. The van der Waals surface area contributed by atoms with Crippen molar-refractivity contribution >= 4 is 10.0 Å². The standard InChI is InChI=1S/C14H24N4O2S/c1-11-7-13(8-11)17-21(19,20)14-9-16-18(10-14)6-2-5-15-12-3-4-12/h9-13,15,17H,2-8H2,1H3. The van der Waals surface area contributed by atoms with Gasteiger partial charge in [0.2, 0.25) is 10.0 Å². The second-order valence-electron chi connectivity index (χ2n) is 6.42. The summed E-state index contributed by atoms with van der Waals surface area (Å²) in [5, 5.41) is 7.59. The first kappa shape index (κ1) is 15.0. The van der Waals surface area contributed by atoms with Crippen molar-refractivity contribution in [1.29, 1.82) is 0 Å². The summed E-state index contributed by atoms with van der Waals surface area (Å²) in [4.78, 5) is 0.275. The summed E-state index contributed by atoms with van der Waals surface area (Å²) in [5.41, 5.74) is 0. The van der Waals surface area contributed by atoms with Gasteiger partial charge in [-0.3, -0.25) is 4.68 Å². The van der Waals surface area contributed by atoms with Crippen molar-refractivity contribution in [3.8, 4) is 0 Å². The third-order valence-corrected chi connectivity index (χ3v) is 5.66. The van der Waals surface area contributed by atoms with Crippen molar-refractivity contribution in [2.75, 3.05) is 6.54 Å². The number of rotatable bonds is 8. The van der Waals surface area contributed by atoms with Crippen LogP contribution >= 0.6 is 0 Å². The van der Waals surface area contributed by atoms with Crippen LogP contribution in [0.15, 0.2) is 17.3 Å². The fraction of sp³-hybridized carbons (Fsp3) is 0.786. The topological polar surface area (TPSA) is 76.0 Å². The zero-order valence-electron chi connectivity index (χ0n) is 12.5. The molecule has 118 valence electrons. The normalized spacial score (nSPS) is 25.8. The molecule has 0 amide bonds. The second kappa shape index (κ2) is 6.06. The molecule has 1 heterocycles.